The maximum Gasteiger partial charge on any atom is 0.225 e. The van der Waals surface area contributed by atoms with Crippen molar-refractivity contribution in [2.75, 3.05) is 18.4 Å². The van der Waals surface area contributed by atoms with Crippen molar-refractivity contribution in [1.82, 2.24) is 10.3 Å². The van der Waals surface area contributed by atoms with E-state index in [1.165, 1.54) is 12.8 Å². The van der Waals surface area contributed by atoms with E-state index in [4.69, 9.17) is 0 Å². The van der Waals surface area contributed by atoms with E-state index < -0.39 is 0 Å². The molecule has 120 valence electrons. The van der Waals surface area contributed by atoms with Crippen LogP contribution in [0.3, 0.4) is 0 Å². The molecule has 1 aliphatic heterocycles. The second-order valence-corrected chi connectivity index (χ2v) is 5.50. The molecule has 0 spiro atoms. The number of pyridine rings is 1. The van der Waals surface area contributed by atoms with Gasteiger partial charge in [-0.05, 0) is 56.8 Å². The molecule has 0 radical (unpaired) electrons. The van der Waals surface area contributed by atoms with Gasteiger partial charge in [0.15, 0.2) is 0 Å². The average Bonchev–Trinajstić information content (AvgIpc) is 2.39. The number of carbonyl (C=O) groups excluding carboxylic acids is 1. The van der Waals surface area contributed by atoms with E-state index in [-0.39, 0.29) is 30.7 Å². The van der Waals surface area contributed by atoms with Crippen molar-refractivity contribution in [2.45, 2.75) is 33.1 Å². The Balaban J connectivity index is 0.00000200. The highest BCUT2D eigenvalue weighted by atomic mass is 35.5. The maximum absolute atomic E-state index is 12.0. The largest absolute Gasteiger partial charge is 0.316 e. The van der Waals surface area contributed by atoms with Crippen LogP contribution in [0.15, 0.2) is 18.2 Å². The van der Waals surface area contributed by atoms with Gasteiger partial charge in [0.1, 0.15) is 5.82 Å². The topological polar surface area (TPSA) is 54.0 Å². The molecule has 2 rings (SSSR count). The van der Waals surface area contributed by atoms with Crippen molar-refractivity contribution < 1.29 is 4.79 Å². The third-order valence-electron chi connectivity index (χ3n) is 3.80. The van der Waals surface area contributed by atoms with Gasteiger partial charge in [-0.2, -0.15) is 0 Å². The highest BCUT2D eigenvalue weighted by molar-refractivity contribution is 5.89. The molecule has 6 heteroatoms. The summed E-state index contributed by atoms with van der Waals surface area (Å²) in [6.45, 7) is 6.24. The van der Waals surface area contributed by atoms with Gasteiger partial charge in [0, 0.05) is 12.1 Å². The molecule has 4 nitrogen and oxygen atoms in total. The molecule has 1 saturated heterocycles. The summed E-state index contributed by atoms with van der Waals surface area (Å²) in [4.78, 5) is 16.3. The van der Waals surface area contributed by atoms with Crippen LogP contribution < -0.4 is 10.6 Å². The number of anilines is 1. The zero-order chi connectivity index (χ0) is 13.7. The summed E-state index contributed by atoms with van der Waals surface area (Å²) in [5, 5.41) is 6.28. The number of hydrogen-bond donors (Lipinski definition) is 2. The number of hydrogen-bond acceptors (Lipinski definition) is 3. The van der Waals surface area contributed by atoms with Gasteiger partial charge in [-0.25, -0.2) is 4.98 Å². The standard InChI is InChI=1S/C15H23N3O.2ClH/c1-11(13-6-4-8-16-10-13)9-15(19)18-14-7-3-5-12(2)17-14;;/h3,5,7,11,13,16H,4,6,8-10H2,1-2H3,(H,17,18,19);2*1H. The summed E-state index contributed by atoms with van der Waals surface area (Å²) in [7, 11) is 0. The maximum atomic E-state index is 12.0. The quantitative estimate of drug-likeness (QED) is 0.889. The molecule has 2 atom stereocenters. The summed E-state index contributed by atoms with van der Waals surface area (Å²) in [6.07, 6.45) is 3.02. The van der Waals surface area contributed by atoms with Crippen LogP contribution in [0, 0.1) is 18.8 Å². The summed E-state index contributed by atoms with van der Waals surface area (Å²) in [5.74, 6) is 1.75. The van der Waals surface area contributed by atoms with Gasteiger partial charge in [0.25, 0.3) is 0 Å². The van der Waals surface area contributed by atoms with Crippen LogP contribution in [0.4, 0.5) is 5.82 Å². The number of rotatable bonds is 4. The number of nitrogens with zero attached hydrogens (tertiary/aromatic N) is 1. The van der Waals surface area contributed by atoms with Gasteiger partial charge in [-0.3, -0.25) is 4.79 Å². The van der Waals surface area contributed by atoms with Crippen LogP contribution >= 0.6 is 24.8 Å². The van der Waals surface area contributed by atoms with Crippen LogP contribution in [0.2, 0.25) is 0 Å². The lowest BCUT2D eigenvalue weighted by Gasteiger charge is -2.27. The molecule has 2 N–H and O–H groups in total. The molecule has 1 aliphatic rings. The number of carbonyl (C=O) groups is 1. The van der Waals surface area contributed by atoms with Gasteiger partial charge < -0.3 is 10.6 Å². The fraction of sp³-hybridized carbons (Fsp3) is 0.600. The summed E-state index contributed by atoms with van der Waals surface area (Å²) < 4.78 is 0. The van der Waals surface area contributed by atoms with Gasteiger partial charge >= 0.3 is 0 Å². The Morgan fingerprint density at radius 3 is 2.86 bits per heavy atom. The van der Waals surface area contributed by atoms with E-state index in [9.17, 15) is 4.79 Å². The van der Waals surface area contributed by atoms with Crippen molar-refractivity contribution in [3.63, 3.8) is 0 Å². The molecule has 0 saturated carbocycles. The van der Waals surface area contributed by atoms with Crippen molar-refractivity contribution in [1.29, 1.82) is 0 Å². The molecular formula is C15H25Cl2N3O. The van der Waals surface area contributed by atoms with Crippen LogP contribution in [0.5, 0.6) is 0 Å². The number of aromatic nitrogens is 1. The lowest BCUT2D eigenvalue weighted by molar-refractivity contribution is -0.117. The summed E-state index contributed by atoms with van der Waals surface area (Å²) in [6, 6.07) is 5.66. The number of nitrogens with one attached hydrogen (secondary N) is 2. The van der Waals surface area contributed by atoms with Crippen LogP contribution in [0.25, 0.3) is 0 Å². The molecule has 1 fully saturated rings. The molecule has 1 aromatic heterocycles. The first kappa shape index (κ1) is 20.2. The molecule has 0 aliphatic carbocycles. The Kier molecular flexibility index (Phi) is 9.58. The van der Waals surface area contributed by atoms with Crippen molar-refractivity contribution in [3.05, 3.63) is 23.9 Å². The first-order valence-corrected chi connectivity index (χ1v) is 7.09. The second-order valence-electron chi connectivity index (χ2n) is 5.50. The van der Waals surface area contributed by atoms with Crippen LogP contribution in [-0.2, 0) is 4.79 Å². The number of aryl methyl sites for hydroxylation is 1. The minimum Gasteiger partial charge on any atom is -0.316 e. The smallest absolute Gasteiger partial charge is 0.225 e. The third-order valence-corrected chi connectivity index (χ3v) is 3.80. The van der Waals surface area contributed by atoms with Crippen molar-refractivity contribution in [2.24, 2.45) is 11.8 Å². The molecule has 1 amide bonds. The predicted octanol–water partition coefficient (Wildman–Crippen LogP) is 3.20. The zero-order valence-electron chi connectivity index (χ0n) is 12.6. The molecule has 21 heavy (non-hydrogen) atoms. The Morgan fingerprint density at radius 1 is 1.48 bits per heavy atom. The summed E-state index contributed by atoms with van der Waals surface area (Å²) >= 11 is 0. The number of halogens is 2. The van der Waals surface area contributed by atoms with E-state index >= 15 is 0 Å². The number of piperidine rings is 1. The van der Waals surface area contributed by atoms with E-state index in [1.54, 1.807) is 0 Å². The fourth-order valence-corrected chi connectivity index (χ4v) is 2.63. The second kappa shape index (κ2) is 9.98. The Morgan fingerprint density at radius 2 is 2.24 bits per heavy atom. The van der Waals surface area contributed by atoms with Gasteiger partial charge in [-0.15, -0.1) is 24.8 Å². The minimum absolute atomic E-state index is 0. The molecule has 2 unspecified atom stereocenters. The monoisotopic (exact) mass is 333 g/mol. The molecule has 0 bridgehead atoms. The Bertz CT molecular complexity index is 437. The molecule has 2 heterocycles. The lowest BCUT2D eigenvalue weighted by Crippen LogP contribution is -2.34. The Hall–Kier alpha value is -0.840. The van der Waals surface area contributed by atoms with Crippen molar-refractivity contribution in [3.8, 4) is 0 Å². The average molecular weight is 334 g/mol. The lowest BCUT2D eigenvalue weighted by atomic mass is 9.85. The van der Waals surface area contributed by atoms with Gasteiger partial charge in [0.2, 0.25) is 5.91 Å². The fourth-order valence-electron chi connectivity index (χ4n) is 2.63. The van der Waals surface area contributed by atoms with E-state index in [1.807, 2.05) is 25.1 Å². The predicted molar refractivity (Wildman–Crippen MR) is 91.5 cm³/mol. The normalized spacial score (nSPS) is 18.9. The number of amides is 1. The SMILES string of the molecule is Cc1cccc(NC(=O)CC(C)C2CCCNC2)n1.Cl.Cl. The zero-order valence-corrected chi connectivity index (χ0v) is 14.2. The van der Waals surface area contributed by atoms with E-state index in [2.05, 4.69) is 22.5 Å². The van der Waals surface area contributed by atoms with Gasteiger partial charge in [-0.1, -0.05) is 13.0 Å². The highest BCUT2D eigenvalue weighted by Crippen LogP contribution is 2.22. The first-order valence-electron chi connectivity index (χ1n) is 7.09. The third kappa shape index (κ3) is 6.64. The van der Waals surface area contributed by atoms with Crippen molar-refractivity contribution >= 4 is 36.5 Å². The van der Waals surface area contributed by atoms with E-state index in [0.29, 0.717) is 24.1 Å². The minimum atomic E-state index is 0. The summed E-state index contributed by atoms with van der Waals surface area (Å²) in [5.41, 5.74) is 0.919. The first-order chi connectivity index (χ1) is 9.15. The van der Waals surface area contributed by atoms with Gasteiger partial charge in [0.05, 0.1) is 0 Å². The van der Waals surface area contributed by atoms with Crippen LogP contribution in [-0.4, -0.2) is 24.0 Å². The van der Waals surface area contributed by atoms with E-state index in [0.717, 1.165) is 18.8 Å². The van der Waals surface area contributed by atoms with Crippen LogP contribution in [0.1, 0.15) is 31.9 Å². The molecular weight excluding hydrogens is 309 g/mol. The molecule has 1 aromatic rings. The Labute approximate surface area is 139 Å². The molecule has 0 aromatic carbocycles. The highest BCUT2D eigenvalue weighted by Gasteiger charge is 2.22.